The molecule has 1 unspecified atom stereocenters. The minimum Gasteiger partial charge on any atom is -0.507 e. The van der Waals surface area contributed by atoms with Gasteiger partial charge < -0.3 is 14.6 Å². The maximum atomic E-state index is 12.5. The van der Waals surface area contributed by atoms with Crippen LogP contribution in [0.2, 0.25) is 5.02 Å². The van der Waals surface area contributed by atoms with Crippen LogP contribution >= 0.6 is 23.4 Å². The molecule has 182 valence electrons. The topological polar surface area (TPSA) is 83.7 Å². The molecule has 0 fully saturated rings. The van der Waals surface area contributed by atoms with Crippen molar-refractivity contribution in [3.8, 4) is 17.2 Å². The summed E-state index contributed by atoms with van der Waals surface area (Å²) in [4.78, 5) is 17.3. The number of rotatable bonds is 5. The summed E-state index contributed by atoms with van der Waals surface area (Å²) >= 11 is 7.13. The van der Waals surface area contributed by atoms with Crippen LogP contribution in [-0.4, -0.2) is 41.1 Å². The SMILES string of the molecule is COc1ccc(C2=NN(C3=NC(=O)S/C3=C\c3cc(Cl)ccc3O)C(c3ccc(OC)cc3)C2)cc1. The van der Waals surface area contributed by atoms with E-state index >= 15 is 0 Å². The Balaban J connectivity index is 1.57. The van der Waals surface area contributed by atoms with Crippen LogP contribution in [0, 0.1) is 0 Å². The van der Waals surface area contributed by atoms with Gasteiger partial charge in [-0.25, -0.2) is 5.01 Å². The molecule has 2 aliphatic rings. The van der Waals surface area contributed by atoms with Crippen molar-refractivity contribution in [3.63, 3.8) is 0 Å². The number of methoxy groups -OCH3 is 2. The highest BCUT2D eigenvalue weighted by molar-refractivity contribution is 8.18. The number of carbonyl (C=O) groups is 1. The molecule has 0 aromatic heterocycles. The Morgan fingerprint density at radius 1 is 1.03 bits per heavy atom. The monoisotopic (exact) mass is 519 g/mol. The van der Waals surface area contributed by atoms with Crippen LogP contribution < -0.4 is 9.47 Å². The van der Waals surface area contributed by atoms with Gasteiger partial charge in [0.05, 0.1) is 30.9 Å². The summed E-state index contributed by atoms with van der Waals surface area (Å²) in [5.41, 5.74) is 3.30. The molecule has 36 heavy (non-hydrogen) atoms. The molecule has 7 nitrogen and oxygen atoms in total. The Labute approximate surface area is 217 Å². The first kappa shape index (κ1) is 24.0. The van der Waals surface area contributed by atoms with Gasteiger partial charge in [0.25, 0.3) is 0 Å². The third kappa shape index (κ3) is 4.82. The molecule has 0 spiro atoms. The van der Waals surface area contributed by atoms with Gasteiger partial charge in [-0.1, -0.05) is 23.7 Å². The van der Waals surface area contributed by atoms with E-state index < -0.39 is 0 Å². The van der Waals surface area contributed by atoms with Gasteiger partial charge in [0, 0.05) is 17.0 Å². The summed E-state index contributed by atoms with van der Waals surface area (Å²) in [5.74, 6) is 1.99. The van der Waals surface area contributed by atoms with Crippen molar-refractivity contribution < 1.29 is 19.4 Å². The molecule has 1 N–H and O–H groups in total. The summed E-state index contributed by atoms with van der Waals surface area (Å²) in [7, 11) is 3.25. The molecule has 0 bridgehead atoms. The first-order chi connectivity index (χ1) is 17.4. The molecular weight excluding hydrogens is 498 g/mol. The van der Waals surface area contributed by atoms with E-state index in [0.29, 0.717) is 27.7 Å². The summed E-state index contributed by atoms with van der Waals surface area (Å²) < 4.78 is 10.6. The molecule has 3 aromatic carbocycles. The smallest absolute Gasteiger partial charge is 0.311 e. The van der Waals surface area contributed by atoms with Gasteiger partial charge in [-0.2, -0.15) is 10.1 Å². The molecule has 0 saturated heterocycles. The van der Waals surface area contributed by atoms with E-state index in [2.05, 4.69) is 4.99 Å². The Morgan fingerprint density at radius 2 is 1.69 bits per heavy atom. The molecule has 1 atom stereocenters. The van der Waals surface area contributed by atoms with Crippen LogP contribution in [0.15, 0.2) is 81.7 Å². The number of thioether (sulfide) groups is 1. The molecule has 5 rings (SSSR count). The quantitative estimate of drug-likeness (QED) is 0.413. The van der Waals surface area contributed by atoms with Crippen molar-refractivity contribution >= 4 is 46.2 Å². The highest BCUT2D eigenvalue weighted by atomic mass is 35.5. The number of phenolic OH excluding ortho intramolecular Hbond substituents is 1. The molecule has 3 aromatic rings. The van der Waals surface area contributed by atoms with Gasteiger partial charge in [-0.15, -0.1) is 0 Å². The van der Waals surface area contributed by atoms with Gasteiger partial charge in [-0.05, 0) is 83.6 Å². The van der Waals surface area contributed by atoms with E-state index in [4.69, 9.17) is 26.2 Å². The van der Waals surface area contributed by atoms with E-state index in [0.717, 1.165) is 40.1 Å². The normalized spacial score (nSPS) is 18.4. The Kier molecular flexibility index (Phi) is 6.71. The van der Waals surface area contributed by atoms with Crippen molar-refractivity contribution in [1.29, 1.82) is 0 Å². The van der Waals surface area contributed by atoms with E-state index in [-0.39, 0.29) is 17.0 Å². The second kappa shape index (κ2) is 10.1. The van der Waals surface area contributed by atoms with Gasteiger partial charge >= 0.3 is 5.24 Å². The van der Waals surface area contributed by atoms with Crippen molar-refractivity contribution in [2.75, 3.05) is 14.2 Å². The van der Waals surface area contributed by atoms with Crippen molar-refractivity contribution in [2.24, 2.45) is 10.1 Å². The molecule has 0 radical (unpaired) electrons. The lowest BCUT2D eigenvalue weighted by Gasteiger charge is -2.24. The molecule has 0 aliphatic carbocycles. The van der Waals surface area contributed by atoms with Crippen molar-refractivity contribution in [1.82, 2.24) is 5.01 Å². The summed E-state index contributed by atoms with van der Waals surface area (Å²) in [6, 6.07) is 20.0. The summed E-state index contributed by atoms with van der Waals surface area (Å²) in [6.07, 6.45) is 2.31. The van der Waals surface area contributed by atoms with Crippen LogP contribution in [0.4, 0.5) is 4.79 Å². The van der Waals surface area contributed by atoms with Gasteiger partial charge in [0.15, 0.2) is 5.84 Å². The molecule has 2 heterocycles. The molecule has 1 amide bonds. The fourth-order valence-corrected chi connectivity index (χ4v) is 5.01. The summed E-state index contributed by atoms with van der Waals surface area (Å²) in [6.45, 7) is 0. The number of hydrogen-bond acceptors (Lipinski definition) is 7. The van der Waals surface area contributed by atoms with Crippen molar-refractivity contribution in [2.45, 2.75) is 12.5 Å². The fourth-order valence-electron chi connectivity index (χ4n) is 4.09. The fraction of sp³-hybridized carbons (Fsp3) is 0.148. The van der Waals surface area contributed by atoms with E-state index in [1.807, 2.05) is 48.5 Å². The average Bonchev–Trinajstić information content (AvgIpc) is 3.49. The zero-order valence-electron chi connectivity index (χ0n) is 19.5. The molecule has 0 saturated carbocycles. The third-order valence-corrected chi connectivity index (χ3v) is 6.96. The number of hydrazone groups is 1. The average molecular weight is 520 g/mol. The number of aromatic hydroxyl groups is 1. The number of aliphatic imine (C=N–C) groups is 1. The lowest BCUT2D eigenvalue weighted by atomic mass is 9.98. The maximum Gasteiger partial charge on any atom is 0.311 e. The van der Waals surface area contributed by atoms with Crippen LogP contribution in [-0.2, 0) is 0 Å². The number of halogens is 1. The highest BCUT2D eigenvalue weighted by Crippen LogP contribution is 2.40. The predicted molar refractivity (Wildman–Crippen MR) is 143 cm³/mol. The largest absolute Gasteiger partial charge is 0.507 e. The number of carbonyl (C=O) groups excluding carboxylic acids is 1. The van der Waals surface area contributed by atoms with Crippen molar-refractivity contribution in [3.05, 3.63) is 93.3 Å². The van der Waals surface area contributed by atoms with Crippen LogP contribution in [0.25, 0.3) is 6.08 Å². The molecule has 9 heteroatoms. The first-order valence-corrected chi connectivity index (χ1v) is 12.3. The van der Waals surface area contributed by atoms with Crippen LogP contribution in [0.3, 0.4) is 0 Å². The number of ether oxygens (including phenoxy) is 2. The number of amidine groups is 1. The number of benzene rings is 3. The highest BCUT2D eigenvalue weighted by Gasteiger charge is 2.37. The zero-order valence-corrected chi connectivity index (χ0v) is 21.1. The standard InChI is InChI=1S/C27H22ClN3O4S/c1-34-20-8-3-16(4-9-20)22-15-23(17-5-10-21(35-2)11-6-17)31(30-22)26-25(36-27(33)29-26)14-18-13-19(28)7-12-24(18)32/h3-14,23,32H,15H2,1-2H3/b25-14-. The van der Waals surface area contributed by atoms with E-state index in [1.54, 1.807) is 37.4 Å². The summed E-state index contributed by atoms with van der Waals surface area (Å²) in [5, 5.41) is 17.2. The minimum absolute atomic E-state index is 0.0572. The zero-order chi connectivity index (χ0) is 25.2. The molecule has 2 aliphatic heterocycles. The van der Waals surface area contributed by atoms with Crippen LogP contribution in [0.1, 0.15) is 29.2 Å². The molecular formula is C27H22ClN3O4S. The number of nitrogens with zero attached hydrogens (tertiary/aromatic N) is 3. The second-order valence-corrected chi connectivity index (χ2v) is 9.56. The second-order valence-electron chi connectivity index (χ2n) is 8.13. The Bertz CT molecular complexity index is 1400. The van der Waals surface area contributed by atoms with E-state index in [1.165, 1.54) is 6.07 Å². The number of hydrogen-bond donors (Lipinski definition) is 1. The van der Waals surface area contributed by atoms with Gasteiger partial charge in [0.1, 0.15) is 17.2 Å². The van der Waals surface area contributed by atoms with Crippen LogP contribution in [0.5, 0.6) is 17.2 Å². The first-order valence-electron chi connectivity index (χ1n) is 11.1. The number of amides is 1. The van der Waals surface area contributed by atoms with E-state index in [9.17, 15) is 9.90 Å². The Morgan fingerprint density at radius 3 is 2.36 bits per heavy atom. The number of phenols is 1. The predicted octanol–water partition coefficient (Wildman–Crippen LogP) is 6.52. The Hall–Kier alpha value is -3.75. The lowest BCUT2D eigenvalue weighted by Crippen LogP contribution is -2.26. The van der Waals surface area contributed by atoms with Gasteiger partial charge in [0.2, 0.25) is 0 Å². The minimum atomic E-state index is -0.348. The van der Waals surface area contributed by atoms with Gasteiger partial charge in [-0.3, -0.25) is 4.79 Å². The maximum absolute atomic E-state index is 12.5. The lowest BCUT2D eigenvalue weighted by molar-refractivity contribution is 0.267. The third-order valence-electron chi connectivity index (χ3n) is 5.94.